The Hall–Kier alpha value is -2.19. The Kier molecular flexibility index (Phi) is 5.15. The van der Waals surface area contributed by atoms with E-state index < -0.39 is 17.1 Å². The van der Waals surface area contributed by atoms with Crippen LogP contribution in [-0.2, 0) is 16.1 Å². The third-order valence-corrected chi connectivity index (χ3v) is 5.23. The van der Waals surface area contributed by atoms with Crippen LogP contribution in [0.4, 0.5) is 4.39 Å². The molecule has 0 radical (unpaired) electrons. The summed E-state index contributed by atoms with van der Waals surface area (Å²) in [7, 11) is 0. The molecular weight excluding hydrogens is 343 g/mol. The number of rotatable bonds is 2. The van der Waals surface area contributed by atoms with E-state index >= 15 is 0 Å². The number of nitrogens with zero attached hydrogens (tertiary/aromatic N) is 1. The minimum Gasteiger partial charge on any atom is -0.491 e. The average Bonchev–Trinajstić information content (AvgIpc) is 2.80. The molecule has 1 saturated heterocycles. The highest BCUT2D eigenvalue weighted by Crippen LogP contribution is 2.36. The van der Waals surface area contributed by atoms with E-state index in [1.54, 1.807) is 4.90 Å². The highest BCUT2D eigenvalue weighted by atomic mass is 19.1. The summed E-state index contributed by atoms with van der Waals surface area (Å²) in [5.41, 5.74) is 1.12. The van der Waals surface area contributed by atoms with E-state index in [1.807, 2.05) is 13.8 Å². The maximum atomic E-state index is 14.6. The van der Waals surface area contributed by atoms with Crippen LogP contribution in [0.1, 0.15) is 42.6 Å². The van der Waals surface area contributed by atoms with Crippen LogP contribution in [-0.4, -0.2) is 47.8 Å². The van der Waals surface area contributed by atoms with Gasteiger partial charge in [-0.25, -0.2) is 9.87 Å². The van der Waals surface area contributed by atoms with Gasteiger partial charge in [-0.15, -0.1) is 0 Å². The monoisotopic (exact) mass is 366 g/mol. The minimum atomic E-state index is -0.824. The predicted octanol–water partition coefficient (Wildman–Crippen LogP) is 1.87. The topological polar surface area (TPSA) is 88.1 Å². The Morgan fingerprint density at radius 1 is 1.35 bits per heavy atom. The van der Waals surface area contributed by atoms with Crippen molar-refractivity contribution in [3.8, 4) is 5.75 Å². The number of halogens is 1. The second-order valence-electron chi connectivity index (χ2n) is 7.14. The molecule has 3 rings (SSSR count). The Labute approximate surface area is 151 Å². The zero-order valence-electron chi connectivity index (χ0n) is 14.9. The summed E-state index contributed by atoms with van der Waals surface area (Å²) >= 11 is 0. The molecule has 0 aliphatic carbocycles. The number of hydrogen-bond donors (Lipinski definition) is 2. The lowest BCUT2D eigenvalue weighted by atomic mass is 9.80. The number of ether oxygens (including phenoxy) is 2. The second-order valence-corrected chi connectivity index (χ2v) is 7.14. The number of hydrogen-bond acceptors (Lipinski definition) is 5. The molecule has 2 N–H and O–H groups in total. The Balaban J connectivity index is 1.91. The summed E-state index contributed by atoms with van der Waals surface area (Å²) < 4.78 is 25.6. The number of benzene rings is 1. The molecule has 0 aromatic heterocycles. The molecule has 1 aromatic rings. The lowest BCUT2D eigenvalue weighted by Gasteiger charge is -2.38. The van der Waals surface area contributed by atoms with Gasteiger partial charge in [0.1, 0.15) is 18.2 Å². The molecule has 1 fully saturated rings. The van der Waals surface area contributed by atoms with Crippen LogP contribution in [0.3, 0.4) is 0 Å². The van der Waals surface area contributed by atoms with Crippen molar-refractivity contribution in [3.05, 3.63) is 29.1 Å². The van der Waals surface area contributed by atoms with Crippen LogP contribution in [0.15, 0.2) is 12.1 Å². The maximum Gasteiger partial charge on any atom is 0.274 e. The quantitative estimate of drug-likeness (QED) is 0.616. The predicted molar refractivity (Wildman–Crippen MR) is 89.3 cm³/mol. The van der Waals surface area contributed by atoms with Crippen molar-refractivity contribution in [2.24, 2.45) is 5.41 Å². The summed E-state index contributed by atoms with van der Waals surface area (Å²) in [4.78, 5) is 26.4. The van der Waals surface area contributed by atoms with Gasteiger partial charge >= 0.3 is 0 Å². The second kappa shape index (κ2) is 7.20. The Morgan fingerprint density at radius 3 is 2.69 bits per heavy atom. The molecule has 1 aromatic carbocycles. The zero-order valence-corrected chi connectivity index (χ0v) is 14.9. The molecule has 0 bridgehead atoms. The lowest BCUT2D eigenvalue weighted by molar-refractivity contribution is -0.149. The number of nitrogens with one attached hydrogen (secondary N) is 1. The molecule has 2 heterocycles. The minimum absolute atomic E-state index is 0.0404. The maximum absolute atomic E-state index is 14.6. The first kappa shape index (κ1) is 18.6. The van der Waals surface area contributed by atoms with E-state index in [-0.39, 0.29) is 42.0 Å². The average molecular weight is 366 g/mol. The summed E-state index contributed by atoms with van der Waals surface area (Å²) in [5, 5.41) is 8.74. The van der Waals surface area contributed by atoms with Gasteiger partial charge < -0.3 is 14.4 Å². The van der Waals surface area contributed by atoms with Crippen molar-refractivity contribution in [2.45, 2.75) is 39.3 Å². The standard InChI is InChI=1S/C18H23FN2O5/c1-11-10-26-15-8-12(16(22)20-24)7-14(19)13(15)9-21(11)17(23)18(2)3-5-25-6-4-18/h7-8,11,24H,3-6,9-10H2,1-2H3,(H,20,22)/t11-/m0/s1. The SMILES string of the molecule is C[C@H]1COc2cc(C(=O)NO)cc(F)c2CN1C(=O)C1(C)CCOCC1. The third kappa shape index (κ3) is 3.39. The molecule has 0 unspecified atom stereocenters. The van der Waals surface area contributed by atoms with Gasteiger partial charge in [-0.3, -0.25) is 14.8 Å². The normalized spacial score (nSPS) is 22.0. The molecule has 2 aliphatic heterocycles. The van der Waals surface area contributed by atoms with Crippen molar-refractivity contribution in [1.82, 2.24) is 10.4 Å². The third-order valence-electron chi connectivity index (χ3n) is 5.23. The first-order chi connectivity index (χ1) is 12.4. The lowest BCUT2D eigenvalue weighted by Crippen LogP contribution is -2.49. The van der Waals surface area contributed by atoms with Gasteiger partial charge in [-0.1, -0.05) is 6.92 Å². The van der Waals surface area contributed by atoms with Crippen molar-refractivity contribution in [2.75, 3.05) is 19.8 Å². The van der Waals surface area contributed by atoms with Crippen LogP contribution < -0.4 is 10.2 Å². The molecule has 142 valence electrons. The smallest absolute Gasteiger partial charge is 0.274 e. The van der Waals surface area contributed by atoms with Crippen molar-refractivity contribution < 1.29 is 28.7 Å². The van der Waals surface area contributed by atoms with Gasteiger partial charge in [-0.2, -0.15) is 0 Å². The Morgan fingerprint density at radius 2 is 2.04 bits per heavy atom. The fourth-order valence-corrected chi connectivity index (χ4v) is 3.37. The highest BCUT2D eigenvalue weighted by Gasteiger charge is 2.41. The number of fused-ring (bicyclic) bond motifs is 1. The molecule has 2 amide bonds. The molecule has 0 spiro atoms. The van der Waals surface area contributed by atoms with E-state index in [9.17, 15) is 14.0 Å². The number of amides is 2. The molecular formula is C18H23FN2O5. The molecule has 26 heavy (non-hydrogen) atoms. The molecule has 7 nitrogen and oxygen atoms in total. The summed E-state index contributed by atoms with van der Waals surface area (Å²) in [5.74, 6) is -1.30. The van der Waals surface area contributed by atoms with E-state index in [1.165, 1.54) is 11.5 Å². The summed E-state index contributed by atoms with van der Waals surface area (Å²) in [6, 6.07) is 2.16. The summed E-state index contributed by atoms with van der Waals surface area (Å²) in [6.45, 7) is 5.10. The number of carbonyl (C=O) groups excluding carboxylic acids is 2. The van der Waals surface area contributed by atoms with Crippen LogP contribution in [0, 0.1) is 11.2 Å². The number of carbonyl (C=O) groups is 2. The first-order valence-electron chi connectivity index (χ1n) is 8.64. The van der Waals surface area contributed by atoms with Crippen LogP contribution in [0.5, 0.6) is 5.75 Å². The van der Waals surface area contributed by atoms with Crippen LogP contribution >= 0.6 is 0 Å². The van der Waals surface area contributed by atoms with Crippen LogP contribution in [0.25, 0.3) is 0 Å². The van der Waals surface area contributed by atoms with Crippen LogP contribution in [0.2, 0.25) is 0 Å². The molecule has 0 saturated carbocycles. The largest absolute Gasteiger partial charge is 0.491 e. The van der Waals surface area contributed by atoms with Gasteiger partial charge in [0.05, 0.1) is 18.0 Å². The van der Waals surface area contributed by atoms with Gasteiger partial charge in [0, 0.05) is 24.3 Å². The first-order valence-corrected chi connectivity index (χ1v) is 8.64. The number of hydroxylamine groups is 1. The van der Waals surface area contributed by atoms with Gasteiger partial charge in [0.2, 0.25) is 5.91 Å². The zero-order chi connectivity index (χ0) is 18.9. The molecule has 1 atom stereocenters. The van der Waals surface area contributed by atoms with Gasteiger partial charge in [-0.05, 0) is 31.9 Å². The Bertz CT molecular complexity index is 718. The van der Waals surface area contributed by atoms with Crippen molar-refractivity contribution in [1.29, 1.82) is 0 Å². The fraction of sp³-hybridized carbons (Fsp3) is 0.556. The van der Waals surface area contributed by atoms with Gasteiger partial charge in [0.25, 0.3) is 5.91 Å². The van der Waals surface area contributed by atoms with E-state index in [2.05, 4.69) is 0 Å². The summed E-state index contributed by atoms with van der Waals surface area (Å²) in [6.07, 6.45) is 1.25. The van der Waals surface area contributed by atoms with E-state index in [4.69, 9.17) is 14.7 Å². The van der Waals surface area contributed by atoms with Gasteiger partial charge in [0.15, 0.2) is 0 Å². The molecule has 2 aliphatic rings. The van der Waals surface area contributed by atoms with E-state index in [0.29, 0.717) is 26.1 Å². The van der Waals surface area contributed by atoms with E-state index in [0.717, 1.165) is 6.07 Å². The van der Waals surface area contributed by atoms with Crippen molar-refractivity contribution >= 4 is 11.8 Å². The highest BCUT2D eigenvalue weighted by molar-refractivity contribution is 5.94. The fourth-order valence-electron chi connectivity index (χ4n) is 3.37. The molecule has 8 heteroatoms. The van der Waals surface area contributed by atoms with Crippen molar-refractivity contribution in [3.63, 3.8) is 0 Å².